The first kappa shape index (κ1) is 19.9. The molecule has 0 bridgehead atoms. The minimum atomic E-state index is -4.54. The van der Waals surface area contributed by atoms with E-state index in [0.717, 1.165) is 25.0 Å². The summed E-state index contributed by atoms with van der Waals surface area (Å²) in [6.45, 7) is 0. The summed E-state index contributed by atoms with van der Waals surface area (Å²) in [5.41, 5.74) is -0.241. The first-order valence-electron chi connectivity index (χ1n) is 9.35. The number of rotatable bonds is 6. The summed E-state index contributed by atoms with van der Waals surface area (Å²) in [6.07, 6.45) is -3.68. The second-order valence-electron chi connectivity index (χ2n) is 7.30. The Balaban J connectivity index is 1.64. The Hall–Kier alpha value is -3.36. The Morgan fingerprint density at radius 1 is 1.13 bits per heavy atom. The lowest BCUT2D eigenvalue weighted by Gasteiger charge is -2.12. The number of nitrogens with zero attached hydrogens (tertiary/aromatic N) is 1. The maximum Gasteiger partial charge on any atom is 0.416 e. The summed E-state index contributed by atoms with van der Waals surface area (Å²) in [7, 11) is 0. The number of ketones is 1. The van der Waals surface area contributed by atoms with Gasteiger partial charge in [0.1, 0.15) is 0 Å². The molecule has 0 aromatic heterocycles. The van der Waals surface area contributed by atoms with Crippen molar-refractivity contribution in [2.24, 2.45) is 0 Å². The number of alkyl halides is 3. The van der Waals surface area contributed by atoms with Gasteiger partial charge in [0.15, 0.2) is 12.0 Å². The smallest absolute Gasteiger partial charge is 0.416 e. The summed E-state index contributed by atoms with van der Waals surface area (Å²) in [4.78, 5) is 23.5. The van der Waals surface area contributed by atoms with Crippen LogP contribution in [0.25, 0.3) is 5.57 Å². The Morgan fingerprint density at radius 3 is 2.53 bits per heavy atom. The molecule has 1 aliphatic heterocycles. The molecule has 6 nitrogen and oxygen atoms in total. The van der Waals surface area contributed by atoms with Crippen LogP contribution in [-0.4, -0.2) is 22.9 Å². The molecule has 2 aromatic carbocycles. The maximum atomic E-state index is 13.1. The van der Waals surface area contributed by atoms with E-state index < -0.39 is 28.6 Å². The van der Waals surface area contributed by atoms with Gasteiger partial charge in [-0.15, -0.1) is 0 Å². The lowest BCUT2D eigenvalue weighted by molar-refractivity contribution is -0.384. The number of hydrogen-bond acceptors (Lipinski definition) is 5. The molecule has 4 rings (SSSR count). The predicted molar refractivity (Wildman–Crippen MR) is 101 cm³/mol. The first-order valence-corrected chi connectivity index (χ1v) is 9.35. The van der Waals surface area contributed by atoms with E-state index in [1.165, 1.54) is 30.3 Å². The lowest BCUT2D eigenvalue weighted by Crippen LogP contribution is -2.22. The highest BCUT2D eigenvalue weighted by Crippen LogP contribution is 2.36. The zero-order chi connectivity index (χ0) is 21.5. The van der Waals surface area contributed by atoms with Crippen LogP contribution >= 0.6 is 0 Å². The molecule has 1 fully saturated rings. The van der Waals surface area contributed by atoms with Crippen molar-refractivity contribution in [2.75, 3.05) is 0 Å². The third-order valence-corrected chi connectivity index (χ3v) is 4.96. The molecule has 1 atom stereocenters. The van der Waals surface area contributed by atoms with Crippen molar-refractivity contribution >= 4 is 17.0 Å². The van der Waals surface area contributed by atoms with Gasteiger partial charge in [-0.05, 0) is 36.1 Å². The number of ether oxygens (including phenoxy) is 1. The van der Waals surface area contributed by atoms with E-state index >= 15 is 0 Å². The van der Waals surface area contributed by atoms with Gasteiger partial charge in [-0.2, -0.15) is 13.2 Å². The van der Waals surface area contributed by atoms with Gasteiger partial charge < -0.3 is 10.1 Å². The van der Waals surface area contributed by atoms with Crippen LogP contribution in [0.1, 0.15) is 29.5 Å². The summed E-state index contributed by atoms with van der Waals surface area (Å²) in [5.74, 6) is -0.291. The molecule has 0 radical (unpaired) electrons. The number of non-ortho nitro benzene ring substituents is 1. The third kappa shape index (κ3) is 4.14. The van der Waals surface area contributed by atoms with E-state index in [9.17, 15) is 28.1 Å². The number of benzene rings is 2. The number of halogens is 3. The zero-order valence-corrected chi connectivity index (χ0v) is 15.6. The number of nitro benzene ring substituents is 1. The molecule has 1 aliphatic carbocycles. The molecule has 0 amide bonds. The van der Waals surface area contributed by atoms with Crippen LogP contribution in [0.5, 0.6) is 0 Å². The molecular formula is C21H17F3N2O4. The van der Waals surface area contributed by atoms with Crippen molar-refractivity contribution in [3.63, 3.8) is 0 Å². The Morgan fingerprint density at radius 2 is 1.87 bits per heavy atom. The molecule has 1 heterocycles. The SMILES string of the molecule is O=C1C(c2cccc(C(F)(F)F)c2)=C(NC2CC2)OC1Cc1cccc([N+](=O)[O-])c1. The molecule has 2 aliphatic rings. The second kappa shape index (κ2) is 7.47. The van der Waals surface area contributed by atoms with Gasteiger partial charge in [0.2, 0.25) is 5.78 Å². The van der Waals surface area contributed by atoms with Gasteiger partial charge in [0.05, 0.1) is 16.1 Å². The monoisotopic (exact) mass is 418 g/mol. The quantitative estimate of drug-likeness (QED) is 0.561. The minimum absolute atomic E-state index is 0.0683. The molecular weight excluding hydrogens is 401 g/mol. The van der Waals surface area contributed by atoms with E-state index in [4.69, 9.17) is 4.74 Å². The molecule has 156 valence electrons. The van der Waals surface area contributed by atoms with Crippen molar-refractivity contribution < 1.29 is 27.6 Å². The average molecular weight is 418 g/mol. The fourth-order valence-electron chi connectivity index (χ4n) is 3.32. The number of Topliss-reactive ketones (excluding diaryl/α,β-unsaturated/α-hetero) is 1. The van der Waals surface area contributed by atoms with Crippen molar-refractivity contribution in [1.29, 1.82) is 0 Å². The Bertz CT molecular complexity index is 1040. The number of hydrogen-bond donors (Lipinski definition) is 1. The predicted octanol–water partition coefficient (Wildman–Crippen LogP) is 4.24. The number of carbonyl (C=O) groups excluding carboxylic acids is 1. The largest absolute Gasteiger partial charge is 0.467 e. The zero-order valence-electron chi connectivity index (χ0n) is 15.6. The molecule has 0 spiro atoms. The molecule has 1 N–H and O–H groups in total. The number of nitrogens with one attached hydrogen (secondary N) is 1. The highest BCUT2D eigenvalue weighted by molar-refractivity contribution is 6.25. The standard InChI is InChI=1S/C21H17F3N2O4/c22-21(23,24)14-5-2-4-13(11-14)18-19(27)17(30-20(18)25-15-7-8-15)10-12-3-1-6-16(9-12)26(28)29/h1-6,9,11,15,17,25H,7-8,10H2. The fraction of sp³-hybridized carbons (Fsp3) is 0.286. The van der Waals surface area contributed by atoms with Crippen molar-refractivity contribution in [3.05, 3.63) is 81.2 Å². The lowest BCUT2D eigenvalue weighted by atomic mass is 9.96. The van der Waals surface area contributed by atoms with Crippen LogP contribution in [0.15, 0.2) is 54.4 Å². The van der Waals surface area contributed by atoms with Gasteiger partial charge in [0.25, 0.3) is 5.69 Å². The summed E-state index contributed by atoms with van der Waals surface area (Å²) in [6, 6.07) is 10.5. The Kier molecular flexibility index (Phi) is 4.97. The third-order valence-electron chi connectivity index (χ3n) is 4.96. The Labute approximate surface area is 169 Å². The summed E-state index contributed by atoms with van der Waals surface area (Å²) in [5, 5.41) is 14.1. The van der Waals surface area contributed by atoms with Gasteiger partial charge in [0, 0.05) is 24.6 Å². The molecule has 1 unspecified atom stereocenters. The molecule has 9 heteroatoms. The van der Waals surface area contributed by atoms with Gasteiger partial charge in [-0.3, -0.25) is 14.9 Å². The van der Waals surface area contributed by atoms with E-state index in [0.29, 0.717) is 5.56 Å². The van der Waals surface area contributed by atoms with Crippen molar-refractivity contribution in [1.82, 2.24) is 5.32 Å². The van der Waals surface area contributed by atoms with Gasteiger partial charge in [-0.25, -0.2) is 0 Å². The van der Waals surface area contributed by atoms with Crippen LogP contribution in [-0.2, 0) is 22.1 Å². The molecule has 30 heavy (non-hydrogen) atoms. The first-order chi connectivity index (χ1) is 14.2. The summed E-state index contributed by atoms with van der Waals surface area (Å²) < 4.78 is 45.2. The van der Waals surface area contributed by atoms with E-state index in [1.807, 2.05) is 0 Å². The van der Waals surface area contributed by atoms with Crippen molar-refractivity contribution in [3.8, 4) is 0 Å². The maximum absolute atomic E-state index is 13.1. The van der Waals surface area contributed by atoms with Crippen LogP contribution in [0.4, 0.5) is 18.9 Å². The number of nitro groups is 1. The molecule has 2 aromatic rings. The second-order valence-corrected chi connectivity index (χ2v) is 7.30. The van der Waals surface area contributed by atoms with Crippen molar-refractivity contribution in [2.45, 2.75) is 37.6 Å². The van der Waals surface area contributed by atoms with Crippen LogP contribution in [0, 0.1) is 10.1 Å². The molecule has 0 saturated heterocycles. The number of carbonyl (C=O) groups is 1. The minimum Gasteiger partial charge on any atom is -0.467 e. The van der Waals surface area contributed by atoms with Crippen LogP contribution in [0.3, 0.4) is 0 Å². The average Bonchev–Trinajstić information content (AvgIpc) is 3.46. The van der Waals surface area contributed by atoms with E-state index in [1.54, 1.807) is 6.07 Å². The van der Waals surface area contributed by atoms with E-state index in [-0.39, 0.29) is 35.2 Å². The normalized spacial score (nSPS) is 19.0. The highest BCUT2D eigenvalue weighted by atomic mass is 19.4. The van der Waals surface area contributed by atoms with Crippen LogP contribution < -0.4 is 5.32 Å². The van der Waals surface area contributed by atoms with Crippen LogP contribution in [0.2, 0.25) is 0 Å². The topological polar surface area (TPSA) is 81.5 Å². The highest BCUT2D eigenvalue weighted by Gasteiger charge is 2.39. The van der Waals surface area contributed by atoms with E-state index in [2.05, 4.69) is 5.32 Å². The van der Waals surface area contributed by atoms with Gasteiger partial charge in [-0.1, -0.05) is 24.3 Å². The van der Waals surface area contributed by atoms with Gasteiger partial charge >= 0.3 is 6.18 Å². The fourth-order valence-corrected chi connectivity index (χ4v) is 3.32. The molecule has 1 saturated carbocycles. The summed E-state index contributed by atoms with van der Waals surface area (Å²) >= 11 is 0.